The van der Waals surface area contributed by atoms with Gasteiger partial charge in [0.1, 0.15) is 24.2 Å². The fraction of sp³-hybridized carbons (Fsp3) is 0.176. The Morgan fingerprint density at radius 1 is 1.23 bits per heavy atom. The molecule has 2 aromatic rings. The molecule has 0 aliphatic rings. The largest absolute Gasteiger partial charge is 0.488 e. The van der Waals surface area contributed by atoms with Crippen molar-refractivity contribution in [1.29, 1.82) is 0 Å². The average Bonchev–Trinajstić information content (AvgIpc) is 2.59. The van der Waals surface area contributed by atoms with Crippen LogP contribution in [0.5, 0.6) is 5.75 Å². The normalized spacial score (nSPS) is 11.5. The number of ether oxygens (including phenoxy) is 2. The van der Waals surface area contributed by atoms with E-state index in [1.165, 1.54) is 7.11 Å². The standard InChI is InChI=1S/C17H15BrO4/c1-21-17(20)14-9-13(15(18)10-19)7-8-16(14)22-11-12-5-3-2-4-6-12/h2-10,15H,11H2,1H3. The number of rotatable bonds is 6. The molecule has 0 heterocycles. The quantitative estimate of drug-likeness (QED) is 0.446. The molecule has 0 aromatic heterocycles. The molecule has 114 valence electrons. The van der Waals surface area contributed by atoms with Crippen LogP contribution >= 0.6 is 15.9 Å². The number of hydrogen-bond donors (Lipinski definition) is 0. The first-order valence-corrected chi connectivity index (χ1v) is 7.55. The summed E-state index contributed by atoms with van der Waals surface area (Å²) in [6.07, 6.45) is 0.751. The zero-order valence-corrected chi connectivity index (χ0v) is 13.6. The van der Waals surface area contributed by atoms with E-state index in [4.69, 9.17) is 9.47 Å². The maximum absolute atomic E-state index is 11.9. The summed E-state index contributed by atoms with van der Waals surface area (Å²) in [7, 11) is 1.31. The van der Waals surface area contributed by atoms with Crippen molar-refractivity contribution in [3.63, 3.8) is 0 Å². The molecular formula is C17H15BrO4. The van der Waals surface area contributed by atoms with Crippen LogP contribution in [-0.2, 0) is 16.1 Å². The van der Waals surface area contributed by atoms with E-state index in [0.29, 0.717) is 23.5 Å². The number of esters is 1. The summed E-state index contributed by atoms with van der Waals surface area (Å²) in [6.45, 7) is 0.343. The fourth-order valence-corrected chi connectivity index (χ4v) is 2.21. The second-order valence-corrected chi connectivity index (χ2v) is 5.55. The van der Waals surface area contributed by atoms with Gasteiger partial charge in [0.05, 0.1) is 11.9 Å². The number of carbonyl (C=O) groups excluding carboxylic acids is 2. The van der Waals surface area contributed by atoms with E-state index in [0.717, 1.165) is 11.8 Å². The minimum Gasteiger partial charge on any atom is -0.488 e. The highest BCUT2D eigenvalue weighted by Crippen LogP contribution is 2.28. The first kappa shape index (κ1) is 16.2. The summed E-state index contributed by atoms with van der Waals surface area (Å²) in [6, 6.07) is 14.6. The third-order valence-electron chi connectivity index (χ3n) is 3.08. The topological polar surface area (TPSA) is 52.6 Å². The van der Waals surface area contributed by atoms with Crippen molar-refractivity contribution in [2.75, 3.05) is 7.11 Å². The van der Waals surface area contributed by atoms with Gasteiger partial charge in [-0.05, 0) is 23.3 Å². The lowest BCUT2D eigenvalue weighted by molar-refractivity contribution is -0.107. The summed E-state index contributed by atoms with van der Waals surface area (Å²) in [5, 5.41) is 0. The highest BCUT2D eigenvalue weighted by Gasteiger charge is 2.17. The van der Waals surface area contributed by atoms with Gasteiger partial charge in [-0.2, -0.15) is 0 Å². The minimum absolute atomic E-state index is 0.294. The third kappa shape index (κ3) is 3.95. The molecule has 1 atom stereocenters. The van der Waals surface area contributed by atoms with Gasteiger partial charge in [0.15, 0.2) is 0 Å². The molecule has 5 heteroatoms. The zero-order chi connectivity index (χ0) is 15.9. The lowest BCUT2D eigenvalue weighted by Gasteiger charge is -2.12. The van der Waals surface area contributed by atoms with Crippen molar-refractivity contribution in [3.8, 4) is 5.75 Å². The number of halogens is 1. The number of benzene rings is 2. The van der Waals surface area contributed by atoms with Crippen LogP contribution in [0.15, 0.2) is 48.5 Å². The van der Waals surface area contributed by atoms with Crippen molar-refractivity contribution in [2.45, 2.75) is 11.4 Å². The highest BCUT2D eigenvalue weighted by atomic mass is 79.9. The van der Waals surface area contributed by atoms with Crippen LogP contribution in [0.25, 0.3) is 0 Å². The Bertz CT molecular complexity index is 655. The first-order valence-electron chi connectivity index (χ1n) is 6.64. The number of carbonyl (C=O) groups is 2. The van der Waals surface area contributed by atoms with Crippen LogP contribution < -0.4 is 4.74 Å². The van der Waals surface area contributed by atoms with Crippen LogP contribution in [0.2, 0.25) is 0 Å². The summed E-state index contributed by atoms with van der Waals surface area (Å²) in [5.74, 6) is -0.0828. The minimum atomic E-state index is -0.504. The Morgan fingerprint density at radius 3 is 2.59 bits per heavy atom. The van der Waals surface area contributed by atoms with Gasteiger partial charge in [-0.3, -0.25) is 0 Å². The molecular weight excluding hydrogens is 348 g/mol. The molecule has 0 fully saturated rings. The highest BCUT2D eigenvalue weighted by molar-refractivity contribution is 9.09. The van der Waals surface area contributed by atoms with Gasteiger partial charge in [0.2, 0.25) is 0 Å². The van der Waals surface area contributed by atoms with Crippen LogP contribution in [0.1, 0.15) is 26.3 Å². The van der Waals surface area contributed by atoms with Gasteiger partial charge < -0.3 is 14.3 Å². The van der Waals surface area contributed by atoms with Gasteiger partial charge in [-0.25, -0.2) is 4.79 Å². The Kier molecular flexibility index (Phi) is 5.72. The fourth-order valence-electron chi connectivity index (χ4n) is 1.93. The number of aldehydes is 1. The maximum atomic E-state index is 11.9. The lowest BCUT2D eigenvalue weighted by atomic mass is 10.1. The van der Waals surface area contributed by atoms with Crippen LogP contribution in [-0.4, -0.2) is 19.4 Å². The van der Waals surface area contributed by atoms with Crippen LogP contribution in [0, 0.1) is 0 Å². The number of methoxy groups -OCH3 is 1. The van der Waals surface area contributed by atoms with Crippen molar-refractivity contribution < 1.29 is 19.1 Å². The molecule has 2 aromatic carbocycles. The average molecular weight is 363 g/mol. The van der Waals surface area contributed by atoms with E-state index < -0.39 is 10.8 Å². The molecule has 0 saturated heterocycles. The SMILES string of the molecule is COC(=O)c1cc(C(Br)C=O)ccc1OCc1ccccc1. The van der Waals surface area contributed by atoms with Crippen molar-refractivity contribution in [2.24, 2.45) is 0 Å². The predicted molar refractivity (Wildman–Crippen MR) is 86.3 cm³/mol. The molecule has 0 amide bonds. The van der Waals surface area contributed by atoms with Gasteiger partial charge in [-0.1, -0.05) is 52.3 Å². The second-order valence-electron chi connectivity index (χ2n) is 4.56. The Labute approximate surface area is 137 Å². The third-order valence-corrected chi connectivity index (χ3v) is 3.83. The summed E-state index contributed by atoms with van der Waals surface area (Å²) < 4.78 is 10.5. The molecule has 1 unspecified atom stereocenters. The van der Waals surface area contributed by atoms with Crippen molar-refractivity contribution in [3.05, 3.63) is 65.2 Å². The molecule has 0 aliphatic carbocycles. The molecule has 2 rings (SSSR count). The second kappa shape index (κ2) is 7.75. The Hall–Kier alpha value is -2.14. The van der Waals surface area contributed by atoms with Gasteiger partial charge in [-0.15, -0.1) is 0 Å². The Morgan fingerprint density at radius 2 is 1.95 bits per heavy atom. The molecule has 0 radical (unpaired) electrons. The maximum Gasteiger partial charge on any atom is 0.341 e. The zero-order valence-electron chi connectivity index (χ0n) is 12.0. The van der Waals surface area contributed by atoms with Crippen molar-refractivity contribution in [1.82, 2.24) is 0 Å². The van der Waals surface area contributed by atoms with Crippen LogP contribution in [0.4, 0.5) is 0 Å². The van der Waals surface area contributed by atoms with Crippen molar-refractivity contribution >= 4 is 28.2 Å². The van der Waals surface area contributed by atoms with Gasteiger partial charge in [0, 0.05) is 0 Å². The number of hydrogen-bond acceptors (Lipinski definition) is 4. The van der Waals surface area contributed by atoms with Gasteiger partial charge in [0.25, 0.3) is 0 Å². The molecule has 0 spiro atoms. The van der Waals surface area contributed by atoms with E-state index >= 15 is 0 Å². The molecule has 22 heavy (non-hydrogen) atoms. The van der Waals surface area contributed by atoms with Gasteiger partial charge >= 0.3 is 5.97 Å². The van der Waals surface area contributed by atoms with E-state index in [2.05, 4.69) is 15.9 Å². The molecule has 0 bridgehead atoms. The van der Waals surface area contributed by atoms with Crippen LogP contribution in [0.3, 0.4) is 0 Å². The monoisotopic (exact) mass is 362 g/mol. The van der Waals surface area contributed by atoms with E-state index in [1.807, 2.05) is 30.3 Å². The molecule has 0 aliphatic heterocycles. The molecule has 0 saturated carbocycles. The summed E-state index contributed by atoms with van der Waals surface area (Å²) in [4.78, 5) is 22.3. The Balaban J connectivity index is 2.25. The smallest absolute Gasteiger partial charge is 0.341 e. The predicted octanol–water partition coefficient (Wildman–Crippen LogP) is 3.69. The van der Waals surface area contributed by atoms with E-state index in [9.17, 15) is 9.59 Å². The van der Waals surface area contributed by atoms with E-state index in [1.54, 1.807) is 18.2 Å². The lowest BCUT2D eigenvalue weighted by Crippen LogP contribution is -2.07. The first-order chi connectivity index (χ1) is 10.7. The number of alkyl halides is 1. The molecule has 0 N–H and O–H groups in total. The summed E-state index contributed by atoms with van der Waals surface area (Å²) in [5.41, 5.74) is 1.96. The molecule has 4 nitrogen and oxygen atoms in total. The van der Waals surface area contributed by atoms with E-state index in [-0.39, 0.29) is 0 Å². The summed E-state index contributed by atoms with van der Waals surface area (Å²) >= 11 is 3.23.